The average molecular weight is 504 g/mol. The molecule has 0 unspecified atom stereocenters. The number of aromatic amines is 1. The molecule has 0 radical (unpaired) electrons. The molecule has 196 valence electrons. The molecule has 1 amide bonds. The van der Waals surface area contributed by atoms with E-state index in [2.05, 4.69) is 20.3 Å². The minimum Gasteiger partial charge on any atom is -0.385 e. The lowest BCUT2D eigenvalue weighted by molar-refractivity contribution is -0.123. The van der Waals surface area contributed by atoms with Crippen molar-refractivity contribution < 1.29 is 9.90 Å². The molecule has 1 aliphatic carbocycles. The maximum absolute atomic E-state index is 12.9. The van der Waals surface area contributed by atoms with Gasteiger partial charge in [-0.05, 0) is 50.8 Å². The predicted molar refractivity (Wildman–Crippen MR) is 142 cm³/mol. The lowest BCUT2D eigenvalue weighted by Gasteiger charge is -2.52. The number of hydrogen-bond acceptors (Lipinski definition) is 5. The number of pyridine rings is 1. The van der Waals surface area contributed by atoms with Crippen LogP contribution in [0.15, 0.2) is 47.3 Å². The fraction of sp³-hybridized carbons (Fsp3) is 0.483. The van der Waals surface area contributed by atoms with E-state index in [1.54, 1.807) is 10.7 Å². The average Bonchev–Trinajstić information content (AvgIpc) is 3.15. The minimum atomic E-state index is -0.816. The molecule has 3 N–H and O–H groups in total. The monoisotopic (exact) mass is 503 g/mol. The molecule has 2 fully saturated rings. The number of fused-ring (bicyclic) bond motifs is 1. The molecule has 2 aromatic heterocycles. The van der Waals surface area contributed by atoms with Crippen molar-refractivity contribution in [3.63, 3.8) is 0 Å². The van der Waals surface area contributed by atoms with Crippen LogP contribution in [0.5, 0.6) is 0 Å². The first-order valence-electron chi connectivity index (χ1n) is 13.3. The molecule has 3 atom stereocenters. The zero-order valence-electron chi connectivity index (χ0n) is 22.0. The Balaban J connectivity index is 1.28. The number of nitrogens with zero attached hydrogens (tertiary/aromatic N) is 3. The Hall–Kier alpha value is -3.23. The molecule has 1 aromatic carbocycles. The van der Waals surface area contributed by atoms with Gasteiger partial charge in [-0.2, -0.15) is 5.10 Å². The highest BCUT2D eigenvalue weighted by Crippen LogP contribution is 2.47. The quantitative estimate of drug-likeness (QED) is 0.479. The maximum Gasteiger partial charge on any atom is 0.261 e. The van der Waals surface area contributed by atoms with Gasteiger partial charge in [-0.15, -0.1) is 0 Å². The first-order valence-corrected chi connectivity index (χ1v) is 13.3. The van der Waals surface area contributed by atoms with Gasteiger partial charge in [0, 0.05) is 55.6 Å². The summed E-state index contributed by atoms with van der Waals surface area (Å²) in [6.45, 7) is 5.54. The largest absolute Gasteiger partial charge is 0.385 e. The van der Waals surface area contributed by atoms with Gasteiger partial charge in [0.25, 0.3) is 11.5 Å². The molecule has 1 saturated carbocycles. The van der Waals surface area contributed by atoms with Gasteiger partial charge in [0.1, 0.15) is 5.56 Å². The molecule has 3 heterocycles. The van der Waals surface area contributed by atoms with E-state index in [9.17, 15) is 14.7 Å². The van der Waals surface area contributed by atoms with E-state index >= 15 is 0 Å². The third kappa shape index (κ3) is 4.88. The van der Waals surface area contributed by atoms with Crippen LogP contribution in [0.1, 0.15) is 70.7 Å². The van der Waals surface area contributed by atoms with Crippen molar-refractivity contribution >= 4 is 5.91 Å². The Morgan fingerprint density at radius 2 is 1.92 bits per heavy atom. The SMILES string of the molecule is Cc1nn(C)c(C)c1CNC(=O)c1ccc(CN2CC[C@@](O)(c3ccccc3)[C@H]3CCCC[C@@H]32)[nH]c1=O. The van der Waals surface area contributed by atoms with Gasteiger partial charge in [0.05, 0.1) is 11.3 Å². The van der Waals surface area contributed by atoms with Crippen LogP contribution in [-0.4, -0.2) is 43.3 Å². The number of amides is 1. The number of hydrogen-bond donors (Lipinski definition) is 3. The highest BCUT2D eigenvalue weighted by Gasteiger charge is 2.48. The molecule has 1 aliphatic heterocycles. The van der Waals surface area contributed by atoms with E-state index in [1.165, 1.54) is 0 Å². The van der Waals surface area contributed by atoms with Crippen molar-refractivity contribution in [3.05, 3.63) is 86.6 Å². The van der Waals surface area contributed by atoms with Crippen LogP contribution in [0.4, 0.5) is 0 Å². The van der Waals surface area contributed by atoms with E-state index in [0.29, 0.717) is 19.5 Å². The molecule has 0 bridgehead atoms. The zero-order valence-corrected chi connectivity index (χ0v) is 22.0. The van der Waals surface area contributed by atoms with Crippen molar-refractivity contribution in [1.82, 2.24) is 25.0 Å². The smallest absolute Gasteiger partial charge is 0.261 e. The summed E-state index contributed by atoms with van der Waals surface area (Å²) < 4.78 is 1.79. The maximum atomic E-state index is 12.9. The lowest BCUT2D eigenvalue weighted by Crippen LogP contribution is -2.57. The second-order valence-corrected chi connectivity index (χ2v) is 10.7. The lowest BCUT2D eigenvalue weighted by atomic mass is 9.66. The first-order chi connectivity index (χ1) is 17.8. The third-order valence-electron chi connectivity index (χ3n) is 8.54. The summed E-state index contributed by atoms with van der Waals surface area (Å²) in [5, 5.41) is 19.0. The Morgan fingerprint density at radius 3 is 2.62 bits per heavy atom. The number of carbonyl (C=O) groups excluding carboxylic acids is 1. The molecule has 5 rings (SSSR count). The summed E-state index contributed by atoms with van der Waals surface area (Å²) in [6, 6.07) is 13.8. The van der Waals surface area contributed by atoms with Gasteiger partial charge in [-0.1, -0.05) is 43.2 Å². The zero-order chi connectivity index (χ0) is 26.2. The van der Waals surface area contributed by atoms with E-state index < -0.39 is 11.5 Å². The fourth-order valence-electron chi connectivity index (χ4n) is 6.39. The molecule has 1 saturated heterocycles. The van der Waals surface area contributed by atoms with Crippen LogP contribution in [0.3, 0.4) is 0 Å². The summed E-state index contributed by atoms with van der Waals surface area (Å²) in [7, 11) is 1.87. The molecule has 8 nitrogen and oxygen atoms in total. The van der Waals surface area contributed by atoms with Crippen LogP contribution >= 0.6 is 0 Å². The van der Waals surface area contributed by atoms with Crippen molar-refractivity contribution in [2.24, 2.45) is 13.0 Å². The topological polar surface area (TPSA) is 103 Å². The first kappa shape index (κ1) is 25.4. The standard InChI is InChI=1S/C29H37N5O3/c1-19-24(20(2)33(3)32-19)17-30-27(35)23-14-13-22(31-28(23)36)18-34-16-15-29(37,21-9-5-4-6-10-21)25-11-7-8-12-26(25)34/h4-6,9-10,13-14,25-26,37H,7-8,11-12,15-18H2,1-3H3,(H,30,35)(H,31,36)/t25-,26-,29+/m0/s1. The third-order valence-corrected chi connectivity index (χ3v) is 8.54. The highest BCUT2D eigenvalue weighted by atomic mass is 16.3. The van der Waals surface area contributed by atoms with E-state index in [0.717, 1.165) is 60.4 Å². The molecular formula is C29H37N5O3. The van der Waals surface area contributed by atoms with Gasteiger partial charge >= 0.3 is 0 Å². The number of benzene rings is 1. The fourth-order valence-corrected chi connectivity index (χ4v) is 6.39. The number of carbonyl (C=O) groups is 1. The number of rotatable bonds is 6. The second kappa shape index (κ2) is 10.3. The molecule has 0 spiro atoms. The number of nitrogens with one attached hydrogen (secondary N) is 2. The molecule has 3 aromatic rings. The summed E-state index contributed by atoms with van der Waals surface area (Å²) in [6.07, 6.45) is 4.97. The van der Waals surface area contributed by atoms with Crippen LogP contribution in [0.25, 0.3) is 0 Å². The number of piperidine rings is 1. The Kier molecular flexibility index (Phi) is 7.05. The number of aromatic nitrogens is 3. The van der Waals surface area contributed by atoms with Crippen molar-refractivity contribution in [1.29, 1.82) is 0 Å². The second-order valence-electron chi connectivity index (χ2n) is 10.7. The van der Waals surface area contributed by atoms with Crippen molar-refractivity contribution in [3.8, 4) is 0 Å². The molecular weight excluding hydrogens is 466 g/mol. The van der Waals surface area contributed by atoms with Gasteiger partial charge < -0.3 is 15.4 Å². The molecule has 8 heteroatoms. The van der Waals surface area contributed by atoms with Gasteiger partial charge in [-0.25, -0.2) is 0 Å². The number of aliphatic hydroxyl groups is 1. The normalized spacial score (nSPS) is 24.0. The van der Waals surface area contributed by atoms with E-state index in [4.69, 9.17) is 0 Å². The van der Waals surface area contributed by atoms with Crippen LogP contribution in [0.2, 0.25) is 0 Å². The van der Waals surface area contributed by atoms with Gasteiger partial charge in [0.15, 0.2) is 0 Å². The highest BCUT2D eigenvalue weighted by molar-refractivity contribution is 5.93. The number of H-pyrrole nitrogens is 1. The van der Waals surface area contributed by atoms with E-state index in [1.807, 2.05) is 57.3 Å². The Labute approximate surface area is 217 Å². The predicted octanol–water partition coefficient (Wildman–Crippen LogP) is 3.31. The number of aryl methyl sites for hydroxylation is 2. The van der Waals surface area contributed by atoms with Gasteiger partial charge in [-0.3, -0.25) is 19.2 Å². The molecule has 37 heavy (non-hydrogen) atoms. The van der Waals surface area contributed by atoms with Crippen molar-refractivity contribution in [2.75, 3.05) is 6.54 Å². The summed E-state index contributed by atoms with van der Waals surface area (Å²) >= 11 is 0. The summed E-state index contributed by atoms with van der Waals surface area (Å²) in [5.74, 6) is -0.234. The van der Waals surface area contributed by atoms with Crippen LogP contribution < -0.4 is 10.9 Å². The minimum absolute atomic E-state index is 0.107. The van der Waals surface area contributed by atoms with Crippen molar-refractivity contribution in [2.45, 2.75) is 70.7 Å². The Bertz CT molecular complexity index is 1330. The van der Waals surface area contributed by atoms with Crippen LogP contribution in [0, 0.1) is 19.8 Å². The van der Waals surface area contributed by atoms with E-state index in [-0.39, 0.29) is 23.1 Å². The summed E-state index contributed by atoms with van der Waals surface area (Å²) in [4.78, 5) is 31.0. The van der Waals surface area contributed by atoms with Crippen LogP contribution in [-0.2, 0) is 25.7 Å². The Morgan fingerprint density at radius 1 is 1.16 bits per heavy atom. The van der Waals surface area contributed by atoms with Gasteiger partial charge in [0.2, 0.25) is 0 Å². The molecule has 2 aliphatic rings. The summed E-state index contributed by atoms with van der Waals surface area (Å²) in [5.41, 5.74) is 3.52. The number of likely N-dealkylation sites (tertiary alicyclic amines) is 1.